The van der Waals surface area contributed by atoms with Crippen molar-refractivity contribution in [2.75, 3.05) is 12.9 Å². The molecule has 0 saturated heterocycles. The van der Waals surface area contributed by atoms with Crippen molar-refractivity contribution in [1.29, 1.82) is 0 Å². The molecule has 0 heterocycles. The van der Waals surface area contributed by atoms with Crippen LogP contribution in [0.3, 0.4) is 0 Å². The first-order valence-corrected chi connectivity index (χ1v) is 8.82. The molecule has 0 aromatic heterocycles. The van der Waals surface area contributed by atoms with Crippen molar-refractivity contribution in [2.24, 2.45) is 5.41 Å². The maximum atomic E-state index is 11.4. The minimum Gasteiger partial charge on any atom is -0.396 e. The Morgan fingerprint density at radius 2 is 2.10 bits per heavy atom. The summed E-state index contributed by atoms with van der Waals surface area (Å²) in [7, 11) is -0.922. The van der Waals surface area contributed by atoms with Gasteiger partial charge in [0.25, 0.3) is 0 Å². The highest BCUT2D eigenvalue weighted by Crippen LogP contribution is 2.38. The number of aliphatic hydroxyl groups excluding tert-OH is 1. The first-order valence-electron chi connectivity index (χ1n) is 7.26. The van der Waals surface area contributed by atoms with E-state index in [1.54, 1.807) is 6.26 Å². The summed E-state index contributed by atoms with van der Waals surface area (Å²) in [5.41, 5.74) is 1.20. The average molecular weight is 295 g/mol. The third-order valence-corrected chi connectivity index (χ3v) is 5.54. The van der Waals surface area contributed by atoms with Crippen LogP contribution in [0.15, 0.2) is 29.2 Å². The van der Waals surface area contributed by atoms with Crippen LogP contribution in [-0.4, -0.2) is 28.2 Å². The lowest BCUT2D eigenvalue weighted by Crippen LogP contribution is -2.42. The Balaban J connectivity index is 2.04. The number of hydrogen-bond donors (Lipinski definition) is 2. The number of hydrogen-bond acceptors (Lipinski definition) is 3. The number of nitrogens with one attached hydrogen (secondary N) is 1. The van der Waals surface area contributed by atoms with Crippen LogP contribution >= 0.6 is 0 Å². The third-order valence-electron chi connectivity index (χ3n) is 4.61. The molecule has 1 aromatic rings. The molecule has 112 valence electrons. The zero-order valence-corrected chi connectivity index (χ0v) is 13.4. The van der Waals surface area contributed by atoms with Gasteiger partial charge in [0.05, 0.1) is 0 Å². The summed E-state index contributed by atoms with van der Waals surface area (Å²) >= 11 is 0. The lowest BCUT2D eigenvalue weighted by Gasteiger charge is -2.32. The van der Waals surface area contributed by atoms with Gasteiger partial charge in [0.1, 0.15) is 0 Å². The molecule has 2 rings (SSSR count). The van der Waals surface area contributed by atoms with E-state index in [4.69, 9.17) is 0 Å². The van der Waals surface area contributed by atoms with Gasteiger partial charge in [0.15, 0.2) is 0 Å². The number of rotatable bonds is 5. The topological polar surface area (TPSA) is 49.3 Å². The van der Waals surface area contributed by atoms with Crippen LogP contribution in [0.25, 0.3) is 0 Å². The van der Waals surface area contributed by atoms with E-state index in [2.05, 4.69) is 19.2 Å². The van der Waals surface area contributed by atoms with Gasteiger partial charge < -0.3 is 10.4 Å². The summed E-state index contributed by atoms with van der Waals surface area (Å²) in [6, 6.07) is 8.55. The number of aliphatic hydroxyl groups is 1. The van der Waals surface area contributed by atoms with Gasteiger partial charge in [-0.05, 0) is 37.5 Å². The smallest absolute Gasteiger partial charge is 0.0499 e. The Morgan fingerprint density at radius 3 is 2.65 bits per heavy atom. The Labute approximate surface area is 124 Å². The Kier molecular flexibility index (Phi) is 4.99. The lowest BCUT2D eigenvalue weighted by atomic mass is 9.85. The van der Waals surface area contributed by atoms with Gasteiger partial charge >= 0.3 is 0 Å². The molecule has 0 bridgehead atoms. The Morgan fingerprint density at radius 1 is 1.45 bits per heavy atom. The van der Waals surface area contributed by atoms with Crippen molar-refractivity contribution in [1.82, 2.24) is 5.32 Å². The maximum absolute atomic E-state index is 11.4. The highest BCUT2D eigenvalue weighted by molar-refractivity contribution is 7.84. The zero-order chi connectivity index (χ0) is 14.8. The quantitative estimate of drug-likeness (QED) is 0.878. The summed E-state index contributed by atoms with van der Waals surface area (Å²) in [6.45, 7) is 4.55. The second kappa shape index (κ2) is 6.37. The molecular formula is C16H25NO2S. The molecular weight excluding hydrogens is 270 g/mol. The minimum absolute atomic E-state index is 0.000877. The molecule has 0 spiro atoms. The summed E-state index contributed by atoms with van der Waals surface area (Å²) in [6.07, 6.45) is 5.08. The van der Waals surface area contributed by atoms with Crippen molar-refractivity contribution < 1.29 is 9.32 Å². The zero-order valence-electron chi connectivity index (χ0n) is 12.6. The molecule has 4 unspecified atom stereocenters. The van der Waals surface area contributed by atoms with Gasteiger partial charge in [0.2, 0.25) is 0 Å². The van der Waals surface area contributed by atoms with E-state index in [0.29, 0.717) is 6.04 Å². The van der Waals surface area contributed by atoms with Crippen LogP contribution < -0.4 is 5.32 Å². The van der Waals surface area contributed by atoms with Gasteiger partial charge in [-0.2, -0.15) is 0 Å². The molecule has 0 aliphatic heterocycles. The highest BCUT2D eigenvalue weighted by atomic mass is 32.2. The van der Waals surface area contributed by atoms with Gasteiger partial charge in [0, 0.05) is 46.1 Å². The first kappa shape index (κ1) is 15.7. The fourth-order valence-electron chi connectivity index (χ4n) is 3.05. The van der Waals surface area contributed by atoms with E-state index in [9.17, 15) is 9.32 Å². The van der Waals surface area contributed by atoms with Gasteiger partial charge in [-0.15, -0.1) is 0 Å². The standard InChI is InChI=1S/C16H25NO2S/c1-12(13-6-8-14(9-7-13)20(3)19)17-15-5-4-10-16(15,2)11-18/h6-9,12,15,17-18H,4-5,10-11H2,1-3H3. The van der Waals surface area contributed by atoms with Gasteiger partial charge in [-0.25, -0.2) is 0 Å². The van der Waals surface area contributed by atoms with E-state index in [1.165, 1.54) is 12.0 Å². The molecule has 4 heteroatoms. The largest absolute Gasteiger partial charge is 0.396 e. The number of benzene rings is 1. The van der Waals surface area contributed by atoms with Gasteiger partial charge in [-0.3, -0.25) is 4.21 Å². The normalized spacial score (nSPS) is 29.3. The molecule has 20 heavy (non-hydrogen) atoms. The Bertz CT molecular complexity index is 474. The van der Waals surface area contributed by atoms with Crippen LogP contribution in [0.4, 0.5) is 0 Å². The van der Waals surface area contributed by atoms with E-state index in [0.717, 1.165) is 17.7 Å². The molecule has 0 radical (unpaired) electrons. The predicted molar refractivity (Wildman–Crippen MR) is 83.2 cm³/mol. The van der Waals surface area contributed by atoms with Crippen LogP contribution in [0.1, 0.15) is 44.7 Å². The second-order valence-electron chi connectivity index (χ2n) is 6.17. The molecule has 1 aromatic carbocycles. The molecule has 1 aliphatic carbocycles. The minimum atomic E-state index is -0.922. The molecule has 1 fully saturated rings. The molecule has 1 saturated carbocycles. The van der Waals surface area contributed by atoms with E-state index < -0.39 is 10.8 Å². The van der Waals surface area contributed by atoms with Crippen molar-refractivity contribution in [3.63, 3.8) is 0 Å². The van der Waals surface area contributed by atoms with Crippen LogP contribution in [0, 0.1) is 5.41 Å². The summed E-state index contributed by atoms with van der Waals surface area (Å²) in [5.74, 6) is 0. The summed E-state index contributed by atoms with van der Waals surface area (Å²) in [4.78, 5) is 0.863. The van der Waals surface area contributed by atoms with Crippen molar-refractivity contribution in [3.8, 4) is 0 Å². The highest BCUT2D eigenvalue weighted by Gasteiger charge is 2.38. The van der Waals surface area contributed by atoms with Crippen LogP contribution in [0.2, 0.25) is 0 Å². The fourth-order valence-corrected chi connectivity index (χ4v) is 3.57. The van der Waals surface area contributed by atoms with Crippen LogP contribution in [-0.2, 0) is 10.8 Å². The molecule has 3 nitrogen and oxygen atoms in total. The first-order chi connectivity index (χ1) is 9.46. The monoisotopic (exact) mass is 295 g/mol. The lowest BCUT2D eigenvalue weighted by molar-refractivity contribution is 0.114. The van der Waals surface area contributed by atoms with Crippen molar-refractivity contribution >= 4 is 10.8 Å². The Hall–Kier alpha value is -0.710. The third kappa shape index (κ3) is 3.30. The van der Waals surface area contributed by atoms with E-state index >= 15 is 0 Å². The molecule has 4 atom stereocenters. The van der Waals surface area contributed by atoms with Crippen molar-refractivity contribution in [2.45, 2.75) is 50.1 Å². The molecule has 0 amide bonds. The SMILES string of the molecule is CC(NC1CCCC1(C)CO)c1ccc(S(C)=O)cc1. The molecule has 1 aliphatic rings. The van der Waals surface area contributed by atoms with Crippen molar-refractivity contribution in [3.05, 3.63) is 29.8 Å². The second-order valence-corrected chi connectivity index (χ2v) is 7.55. The summed E-state index contributed by atoms with van der Waals surface area (Å²) < 4.78 is 11.4. The molecule has 2 N–H and O–H groups in total. The van der Waals surface area contributed by atoms with E-state index in [-0.39, 0.29) is 18.1 Å². The average Bonchev–Trinajstić information content (AvgIpc) is 2.81. The predicted octanol–water partition coefficient (Wildman–Crippen LogP) is 2.63. The van der Waals surface area contributed by atoms with Crippen LogP contribution in [0.5, 0.6) is 0 Å². The maximum Gasteiger partial charge on any atom is 0.0499 e. The fraction of sp³-hybridized carbons (Fsp3) is 0.625. The van der Waals surface area contributed by atoms with Gasteiger partial charge in [-0.1, -0.05) is 25.5 Å². The van der Waals surface area contributed by atoms with E-state index in [1.807, 2.05) is 24.3 Å². The summed E-state index contributed by atoms with van der Waals surface area (Å²) in [5, 5.41) is 13.3.